The number of rotatable bonds is 6. The topological polar surface area (TPSA) is 47.4 Å². The minimum Gasteiger partial charge on any atom is -0.494 e. The van der Waals surface area contributed by atoms with Gasteiger partial charge in [-0.1, -0.05) is 12.8 Å². The lowest BCUT2D eigenvalue weighted by Gasteiger charge is -2.19. The predicted octanol–water partition coefficient (Wildman–Crippen LogP) is 4.48. The van der Waals surface area contributed by atoms with Crippen LogP contribution < -0.4 is 10.3 Å². The number of benzene rings is 2. The molecule has 4 rings (SSSR count). The maximum Gasteiger partial charge on any atom is 0.265 e. The van der Waals surface area contributed by atoms with Crippen LogP contribution in [0.15, 0.2) is 47.3 Å². The lowest BCUT2D eigenvalue weighted by Crippen LogP contribution is -2.26. The molecule has 0 radical (unpaired) electrons. The molecule has 30 heavy (non-hydrogen) atoms. The molecule has 1 aromatic heterocycles. The fraction of sp³-hybridized carbons (Fsp3) is 0.417. The average molecular weight is 410 g/mol. The quantitative estimate of drug-likeness (QED) is 0.563. The van der Waals surface area contributed by atoms with Gasteiger partial charge >= 0.3 is 0 Å². The Morgan fingerprint density at radius 1 is 1.03 bits per heavy atom. The van der Waals surface area contributed by atoms with Crippen LogP contribution in [0, 0.1) is 12.7 Å². The van der Waals surface area contributed by atoms with E-state index in [-0.39, 0.29) is 5.56 Å². The number of aromatic nitrogens is 2. The molecule has 0 amide bonds. The molecular formula is C24H28FN3O2. The van der Waals surface area contributed by atoms with Crippen molar-refractivity contribution in [2.75, 3.05) is 26.2 Å². The van der Waals surface area contributed by atoms with E-state index in [9.17, 15) is 9.18 Å². The Morgan fingerprint density at radius 2 is 1.77 bits per heavy atom. The van der Waals surface area contributed by atoms with Crippen LogP contribution in [0.5, 0.6) is 5.75 Å². The maximum absolute atomic E-state index is 13.5. The van der Waals surface area contributed by atoms with Crippen molar-refractivity contribution in [3.63, 3.8) is 0 Å². The summed E-state index contributed by atoms with van der Waals surface area (Å²) in [6.07, 6.45) is 6.32. The predicted molar refractivity (Wildman–Crippen MR) is 117 cm³/mol. The zero-order valence-electron chi connectivity index (χ0n) is 17.4. The zero-order chi connectivity index (χ0) is 20.9. The van der Waals surface area contributed by atoms with Crippen molar-refractivity contribution in [2.24, 2.45) is 0 Å². The third-order valence-corrected chi connectivity index (χ3v) is 5.68. The smallest absolute Gasteiger partial charge is 0.265 e. The number of ether oxygens (including phenoxy) is 1. The fourth-order valence-corrected chi connectivity index (χ4v) is 4.10. The van der Waals surface area contributed by atoms with E-state index >= 15 is 0 Å². The van der Waals surface area contributed by atoms with E-state index in [0.29, 0.717) is 29.0 Å². The summed E-state index contributed by atoms with van der Waals surface area (Å²) >= 11 is 0. The van der Waals surface area contributed by atoms with Crippen molar-refractivity contribution in [1.29, 1.82) is 0 Å². The largest absolute Gasteiger partial charge is 0.494 e. The summed E-state index contributed by atoms with van der Waals surface area (Å²) in [5.74, 6) is 0.907. The number of nitrogens with zero attached hydrogens (tertiary/aromatic N) is 3. The second-order valence-electron chi connectivity index (χ2n) is 7.91. The van der Waals surface area contributed by atoms with Gasteiger partial charge in [0.1, 0.15) is 17.4 Å². The molecule has 0 aliphatic carbocycles. The molecule has 1 saturated heterocycles. The lowest BCUT2D eigenvalue weighted by atomic mass is 10.2. The molecule has 0 atom stereocenters. The lowest BCUT2D eigenvalue weighted by molar-refractivity contribution is 0.240. The van der Waals surface area contributed by atoms with Crippen molar-refractivity contribution >= 4 is 10.9 Å². The van der Waals surface area contributed by atoms with Crippen LogP contribution in [-0.2, 0) is 0 Å². The van der Waals surface area contributed by atoms with E-state index in [1.807, 2.05) is 24.3 Å². The van der Waals surface area contributed by atoms with Crippen LogP contribution in [0.1, 0.15) is 37.9 Å². The van der Waals surface area contributed by atoms with Gasteiger partial charge in [0.25, 0.3) is 5.56 Å². The Morgan fingerprint density at radius 3 is 2.50 bits per heavy atom. The van der Waals surface area contributed by atoms with Gasteiger partial charge in [0.2, 0.25) is 0 Å². The van der Waals surface area contributed by atoms with Crippen LogP contribution in [0.2, 0.25) is 0 Å². The van der Waals surface area contributed by atoms with E-state index in [1.165, 1.54) is 57.0 Å². The Balaban J connectivity index is 1.41. The van der Waals surface area contributed by atoms with Crippen LogP contribution in [0.3, 0.4) is 0 Å². The van der Waals surface area contributed by atoms with E-state index in [0.717, 1.165) is 18.7 Å². The second-order valence-corrected chi connectivity index (χ2v) is 7.91. The van der Waals surface area contributed by atoms with Crippen molar-refractivity contribution in [3.05, 3.63) is 64.5 Å². The molecule has 1 aliphatic heterocycles. The number of aryl methyl sites for hydroxylation is 1. The van der Waals surface area contributed by atoms with Gasteiger partial charge in [-0.2, -0.15) is 0 Å². The molecule has 3 aromatic rings. The molecule has 0 unspecified atom stereocenters. The summed E-state index contributed by atoms with van der Waals surface area (Å²) in [5, 5.41) is 0.399. The van der Waals surface area contributed by atoms with Gasteiger partial charge < -0.3 is 9.64 Å². The molecule has 5 nitrogen and oxygen atoms in total. The van der Waals surface area contributed by atoms with Crippen LogP contribution in [0.4, 0.5) is 4.39 Å². The van der Waals surface area contributed by atoms with Crippen molar-refractivity contribution < 1.29 is 9.13 Å². The van der Waals surface area contributed by atoms with E-state index in [2.05, 4.69) is 9.88 Å². The van der Waals surface area contributed by atoms with E-state index < -0.39 is 5.82 Å². The number of halogens is 1. The Labute approximate surface area is 176 Å². The highest BCUT2D eigenvalue weighted by atomic mass is 19.1. The van der Waals surface area contributed by atoms with Gasteiger partial charge in [0.05, 0.1) is 23.2 Å². The third kappa shape index (κ3) is 4.70. The number of likely N-dealkylation sites (tertiary alicyclic amines) is 1. The molecule has 6 heteroatoms. The molecule has 2 aromatic carbocycles. The molecule has 2 heterocycles. The zero-order valence-corrected chi connectivity index (χ0v) is 17.4. The summed E-state index contributed by atoms with van der Waals surface area (Å²) in [6, 6.07) is 11.5. The maximum atomic E-state index is 13.5. The van der Waals surface area contributed by atoms with Crippen LogP contribution >= 0.6 is 0 Å². The summed E-state index contributed by atoms with van der Waals surface area (Å²) in [5.41, 5.74) is 0.884. The highest BCUT2D eigenvalue weighted by molar-refractivity contribution is 5.78. The Hall–Kier alpha value is -2.73. The highest BCUT2D eigenvalue weighted by Crippen LogP contribution is 2.18. The van der Waals surface area contributed by atoms with Crippen molar-refractivity contribution in [3.8, 4) is 11.4 Å². The van der Waals surface area contributed by atoms with Gasteiger partial charge in [0, 0.05) is 12.6 Å². The van der Waals surface area contributed by atoms with E-state index in [1.54, 1.807) is 11.5 Å². The first-order valence-electron chi connectivity index (χ1n) is 10.8. The summed E-state index contributed by atoms with van der Waals surface area (Å²) in [6.45, 7) is 5.91. The minimum atomic E-state index is -0.399. The first kappa shape index (κ1) is 20.5. The summed E-state index contributed by atoms with van der Waals surface area (Å²) in [4.78, 5) is 19.8. The van der Waals surface area contributed by atoms with Gasteiger partial charge in [-0.3, -0.25) is 9.36 Å². The number of hydrogen-bond acceptors (Lipinski definition) is 4. The number of fused-ring (bicyclic) bond motifs is 1. The molecule has 0 N–H and O–H groups in total. The summed E-state index contributed by atoms with van der Waals surface area (Å²) in [7, 11) is 0. The average Bonchev–Trinajstić information content (AvgIpc) is 3.01. The van der Waals surface area contributed by atoms with Gasteiger partial charge in [-0.15, -0.1) is 0 Å². The summed E-state index contributed by atoms with van der Waals surface area (Å²) < 4.78 is 20.9. The van der Waals surface area contributed by atoms with Crippen molar-refractivity contribution in [1.82, 2.24) is 14.5 Å². The van der Waals surface area contributed by atoms with Gasteiger partial charge in [-0.25, -0.2) is 9.37 Å². The van der Waals surface area contributed by atoms with Crippen molar-refractivity contribution in [2.45, 2.75) is 39.0 Å². The van der Waals surface area contributed by atoms with Gasteiger partial charge in [-0.05, 0) is 75.7 Å². The Kier molecular flexibility index (Phi) is 6.43. The Bertz CT molecular complexity index is 1050. The molecule has 0 bridgehead atoms. The number of hydrogen-bond donors (Lipinski definition) is 0. The molecular weight excluding hydrogens is 381 g/mol. The minimum absolute atomic E-state index is 0.205. The molecule has 158 valence electrons. The molecule has 0 spiro atoms. The SMILES string of the molecule is Cc1nc2cc(F)ccc2c(=O)n1-c1ccc(OCCCN2CCCCCC2)cc1. The second kappa shape index (κ2) is 9.39. The normalized spacial score (nSPS) is 15.3. The van der Waals surface area contributed by atoms with Gasteiger partial charge in [0.15, 0.2) is 0 Å². The fourth-order valence-electron chi connectivity index (χ4n) is 4.10. The molecule has 1 aliphatic rings. The molecule has 0 saturated carbocycles. The van der Waals surface area contributed by atoms with Crippen LogP contribution in [0.25, 0.3) is 16.6 Å². The van der Waals surface area contributed by atoms with E-state index in [4.69, 9.17) is 4.74 Å². The first-order chi connectivity index (χ1) is 14.6. The standard InChI is InChI=1S/C24H28FN3O2/c1-18-26-23-17-19(25)7-12-22(23)24(29)28(18)20-8-10-21(11-9-20)30-16-6-15-27-13-4-2-3-5-14-27/h7-12,17H,2-6,13-16H2,1H3. The monoisotopic (exact) mass is 409 g/mol. The third-order valence-electron chi connectivity index (χ3n) is 5.68. The first-order valence-corrected chi connectivity index (χ1v) is 10.8. The molecule has 1 fully saturated rings. The van der Waals surface area contributed by atoms with Crippen LogP contribution in [-0.4, -0.2) is 40.7 Å². The highest BCUT2D eigenvalue weighted by Gasteiger charge is 2.11.